The van der Waals surface area contributed by atoms with Crippen LogP contribution in [0.15, 0.2) is 23.2 Å². The maximum Gasteiger partial charge on any atom is 0.182 e. The summed E-state index contributed by atoms with van der Waals surface area (Å²) < 4.78 is 26.4. The lowest BCUT2D eigenvalue weighted by atomic mass is 10.1. The van der Waals surface area contributed by atoms with Gasteiger partial charge in [0.2, 0.25) is 0 Å². The molecular weight excluding hydrogens is 242 g/mol. The summed E-state index contributed by atoms with van der Waals surface area (Å²) in [5.41, 5.74) is 0.139. The maximum atomic E-state index is 13.4. The number of thioether (sulfide) groups is 1. The highest BCUT2D eigenvalue weighted by molar-refractivity contribution is 8.14. The van der Waals surface area contributed by atoms with E-state index in [-0.39, 0.29) is 11.7 Å². The first-order valence-electron chi connectivity index (χ1n) is 5.49. The van der Waals surface area contributed by atoms with Crippen molar-refractivity contribution in [3.05, 3.63) is 29.8 Å². The number of nitrogens with one attached hydrogen (secondary N) is 1. The zero-order valence-electron chi connectivity index (χ0n) is 9.71. The summed E-state index contributed by atoms with van der Waals surface area (Å²) in [5, 5.41) is 3.49. The number of aliphatic imine (C=N–C) groups is 1. The molecule has 0 spiro atoms. The predicted molar refractivity (Wildman–Crippen MR) is 68.5 cm³/mol. The maximum absolute atomic E-state index is 13.4. The summed E-state index contributed by atoms with van der Waals surface area (Å²) in [5.74, 6) is -0.362. The van der Waals surface area contributed by atoms with Crippen LogP contribution in [-0.2, 0) is 0 Å². The van der Waals surface area contributed by atoms with Crippen LogP contribution in [0, 0.1) is 17.6 Å². The molecule has 1 aromatic carbocycles. The van der Waals surface area contributed by atoms with Gasteiger partial charge in [0.1, 0.15) is 0 Å². The smallest absolute Gasteiger partial charge is 0.182 e. The Morgan fingerprint density at radius 2 is 2.18 bits per heavy atom. The Morgan fingerprint density at radius 1 is 1.41 bits per heavy atom. The van der Waals surface area contributed by atoms with Crippen molar-refractivity contribution in [3.8, 4) is 0 Å². The molecule has 1 atom stereocenters. The lowest BCUT2D eigenvalue weighted by molar-refractivity contribution is 0.512. The largest absolute Gasteiger partial charge is 0.332 e. The third kappa shape index (κ3) is 2.77. The summed E-state index contributed by atoms with van der Waals surface area (Å²) in [7, 11) is 0. The molecule has 0 fully saturated rings. The Bertz CT molecular complexity index is 446. The van der Waals surface area contributed by atoms with E-state index in [0.717, 1.165) is 11.8 Å². The second-order valence-electron chi connectivity index (χ2n) is 4.28. The molecule has 2 rings (SSSR count). The van der Waals surface area contributed by atoms with Gasteiger partial charge in [-0.1, -0.05) is 31.7 Å². The third-order valence-corrected chi connectivity index (χ3v) is 3.63. The van der Waals surface area contributed by atoms with Crippen molar-refractivity contribution in [1.29, 1.82) is 0 Å². The van der Waals surface area contributed by atoms with Crippen molar-refractivity contribution in [2.75, 3.05) is 11.1 Å². The van der Waals surface area contributed by atoms with E-state index in [1.165, 1.54) is 23.9 Å². The Kier molecular flexibility index (Phi) is 3.66. The molecule has 0 saturated carbocycles. The molecule has 17 heavy (non-hydrogen) atoms. The van der Waals surface area contributed by atoms with Gasteiger partial charge in [0, 0.05) is 5.75 Å². The van der Waals surface area contributed by atoms with Gasteiger partial charge in [-0.15, -0.1) is 0 Å². The number of benzene rings is 1. The molecule has 0 unspecified atom stereocenters. The van der Waals surface area contributed by atoms with E-state index in [0.29, 0.717) is 11.1 Å². The van der Waals surface area contributed by atoms with Gasteiger partial charge in [0.05, 0.1) is 11.7 Å². The fourth-order valence-corrected chi connectivity index (χ4v) is 2.70. The van der Waals surface area contributed by atoms with Crippen molar-refractivity contribution in [2.45, 2.75) is 19.9 Å². The van der Waals surface area contributed by atoms with Gasteiger partial charge < -0.3 is 5.32 Å². The second kappa shape index (κ2) is 5.04. The van der Waals surface area contributed by atoms with Crippen LogP contribution >= 0.6 is 11.8 Å². The van der Waals surface area contributed by atoms with E-state index in [4.69, 9.17) is 0 Å². The fourth-order valence-electron chi connectivity index (χ4n) is 1.51. The number of halogens is 2. The van der Waals surface area contributed by atoms with E-state index in [1.54, 1.807) is 0 Å². The van der Waals surface area contributed by atoms with Crippen LogP contribution in [0.5, 0.6) is 0 Å². The molecule has 2 nitrogen and oxygen atoms in total. The fraction of sp³-hybridized carbons (Fsp3) is 0.417. The lowest BCUT2D eigenvalue weighted by Crippen LogP contribution is -2.12. The van der Waals surface area contributed by atoms with Crippen LogP contribution in [0.2, 0.25) is 0 Å². The van der Waals surface area contributed by atoms with Gasteiger partial charge in [-0.05, 0) is 18.1 Å². The SMILES string of the molecule is CC(C)[C@H]1CSC(Nc2cccc(F)c2F)=N1. The van der Waals surface area contributed by atoms with Crippen molar-refractivity contribution < 1.29 is 8.78 Å². The predicted octanol–water partition coefficient (Wildman–Crippen LogP) is 3.50. The summed E-state index contributed by atoms with van der Waals surface area (Å²) in [6, 6.07) is 4.32. The molecule has 0 aliphatic carbocycles. The van der Waals surface area contributed by atoms with E-state index in [1.807, 2.05) is 0 Å². The monoisotopic (exact) mass is 256 g/mol. The molecule has 0 aromatic heterocycles. The summed E-state index contributed by atoms with van der Waals surface area (Å²) in [6.07, 6.45) is 0. The molecule has 92 valence electrons. The van der Waals surface area contributed by atoms with Crippen LogP contribution < -0.4 is 5.32 Å². The van der Waals surface area contributed by atoms with Gasteiger partial charge in [-0.2, -0.15) is 0 Å². The Morgan fingerprint density at radius 3 is 2.82 bits per heavy atom. The number of nitrogens with zero attached hydrogens (tertiary/aromatic N) is 1. The zero-order valence-corrected chi connectivity index (χ0v) is 10.5. The van der Waals surface area contributed by atoms with Crippen LogP contribution in [0.25, 0.3) is 0 Å². The zero-order chi connectivity index (χ0) is 12.4. The average molecular weight is 256 g/mol. The molecule has 0 bridgehead atoms. The summed E-state index contributed by atoms with van der Waals surface area (Å²) in [6.45, 7) is 4.20. The van der Waals surface area contributed by atoms with Crippen molar-refractivity contribution in [1.82, 2.24) is 0 Å². The molecule has 1 aliphatic rings. The number of hydrogen-bond donors (Lipinski definition) is 1. The number of hydrogen-bond acceptors (Lipinski definition) is 3. The molecule has 0 amide bonds. The third-order valence-electron chi connectivity index (χ3n) is 2.64. The Balaban J connectivity index is 2.12. The number of rotatable bonds is 2. The van der Waals surface area contributed by atoms with Gasteiger partial charge in [0.25, 0.3) is 0 Å². The minimum absolute atomic E-state index is 0.139. The standard InChI is InChI=1S/C12H14F2N2S/c1-7(2)10-6-17-12(16-10)15-9-5-3-4-8(13)11(9)14/h3-5,7,10H,6H2,1-2H3,(H,15,16)/t10-/m1/s1. The van der Waals surface area contributed by atoms with Crippen LogP contribution in [-0.4, -0.2) is 17.0 Å². The van der Waals surface area contributed by atoms with Gasteiger partial charge >= 0.3 is 0 Å². The highest BCUT2D eigenvalue weighted by atomic mass is 32.2. The van der Waals surface area contributed by atoms with Crippen molar-refractivity contribution in [3.63, 3.8) is 0 Å². The highest BCUT2D eigenvalue weighted by Gasteiger charge is 2.22. The van der Waals surface area contributed by atoms with Crippen LogP contribution in [0.3, 0.4) is 0 Å². The van der Waals surface area contributed by atoms with E-state index in [9.17, 15) is 8.78 Å². The minimum Gasteiger partial charge on any atom is -0.332 e. The number of anilines is 1. The average Bonchev–Trinajstić information content (AvgIpc) is 2.73. The van der Waals surface area contributed by atoms with E-state index in [2.05, 4.69) is 24.2 Å². The molecule has 0 radical (unpaired) electrons. The summed E-state index contributed by atoms with van der Waals surface area (Å²) >= 11 is 1.54. The molecule has 1 aromatic rings. The Labute approximate surface area is 104 Å². The van der Waals surface area contributed by atoms with Crippen LogP contribution in [0.1, 0.15) is 13.8 Å². The molecule has 5 heteroatoms. The Hall–Kier alpha value is -1.10. The van der Waals surface area contributed by atoms with E-state index < -0.39 is 11.6 Å². The minimum atomic E-state index is -0.858. The van der Waals surface area contributed by atoms with Gasteiger partial charge in [-0.3, -0.25) is 4.99 Å². The first kappa shape index (κ1) is 12.4. The van der Waals surface area contributed by atoms with Gasteiger partial charge in [-0.25, -0.2) is 8.78 Å². The summed E-state index contributed by atoms with van der Waals surface area (Å²) in [4.78, 5) is 4.43. The molecule has 0 saturated heterocycles. The first-order chi connectivity index (χ1) is 8.08. The van der Waals surface area contributed by atoms with Crippen LogP contribution in [0.4, 0.5) is 14.5 Å². The van der Waals surface area contributed by atoms with Crippen molar-refractivity contribution >= 4 is 22.6 Å². The molecule has 1 heterocycles. The lowest BCUT2D eigenvalue weighted by Gasteiger charge is -2.08. The first-order valence-corrected chi connectivity index (χ1v) is 6.48. The topological polar surface area (TPSA) is 24.4 Å². The second-order valence-corrected chi connectivity index (χ2v) is 5.29. The van der Waals surface area contributed by atoms with E-state index >= 15 is 0 Å². The highest BCUT2D eigenvalue weighted by Crippen LogP contribution is 2.25. The van der Waals surface area contributed by atoms with Gasteiger partial charge in [0.15, 0.2) is 16.8 Å². The number of amidine groups is 1. The molecule has 1 aliphatic heterocycles. The normalized spacial score (nSPS) is 19.6. The quantitative estimate of drug-likeness (QED) is 0.875. The molecule has 1 N–H and O–H groups in total. The van der Waals surface area contributed by atoms with Crippen molar-refractivity contribution in [2.24, 2.45) is 10.9 Å². The molecular formula is C12H14F2N2S.